The Labute approximate surface area is 144 Å². The molecule has 3 N–H and O–H groups in total. The summed E-state index contributed by atoms with van der Waals surface area (Å²) < 4.78 is 5.87. The molecule has 4 nitrogen and oxygen atoms in total. The Morgan fingerprint density at radius 2 is 1.83 bits per heavy atom. The molecule has 0 amide bonds. The molecule has 0 spiro atoms. The van der Waals surface area contributed by atoms with Crippen molar-refractivity contribution in [1.82, 2.24) is 10.3 Å². The lowest BCUT2D eigenvalue weighted by Gasteiger charge is -2.22. The normalized spacial score (nSPS) is 20.3. The number of fused-ring (bicyclic) bond motifs is 5. The third-order valence-electron chi connectivity index (χ3n) is 4.84. The summed E-state index contributed by atoms with van der Waals surface area (Å²) >= 11 is 0. The van der Waals surface area contributed by atoms with Crippen LogP contribution >= 0.6 is 0 Å². The van der Waals surface area contributed by atoms with Gasteiger partial charge in [0.1, 0.15) is 11.6 Å². The largest absolute Gasteiger partial charge is 0.494 e. The number of ether oxygens (including phenoxy) is 1. The molecule has 1 saturated carbocycles. The SMILES string of the molecule is CCOc1ccc(-c2cccc(N)n2)c2c1C1CCC2C1.CNC. The molecule has 0 aliphatic heterocycles. The molecule has 24 heavy (non-hydrogen) atoms. The van der Waals surface area contributed by atoms with Gasteiger partial charge in [0.25, 0.3) is 0 Å². The maximum Gasteiger partial charge on any atom is 0.124 e. The first-order valence-corrected chi connectivity index (χ1v) is 8.80. The molecule has 1 heterocycles. The monoisotopic (exact) mass is 325 g/mol. The Hall–Kier alpha value is -2.07. The first-order chi connectivity index (χ1) is 11.7. The van der Waals surface area contributed by atoms with E-state index in [9.17, 15) is 0 Å². The summed E-state index contributed by atoms with van der Waals surface area (Å²) in [4.78, 5) is 4.52. The van der Waals surface area contributed by atoms with Crippen molar-refractivity contribution in [3.05, 3.63) is 41.5 Å². The molecule has 4 heteroatoms. The van der Waals surface area contributed by atoms with Gasteiger partial charge in [0.2, 0.25) is 0 Å². The van der Waals surface area contributed by atoms with E-state index in [0.717, 1.165) is 18.1 Å². The van der Waals surface area contributed by atoms with Gasteiger partial charge in [0.15, 0.2) is 0 Å². The molecule has 0 saturated heterocycles. The van der Waals surface area contributed by atoms with Gasteiger partial charge in [-0.1, -0.05) is 6.07 Å². The molecular weight excluding hydrogens is 298 g/mol. The molecule has 0 radical (unpaired) electrons. The van der Waals surface area contributed by atoms with E-state index in [4.69, 9.17) is 10.5 Å². The highest BCUT2D eigenvalue weighted by atomic mass is 16.5. The van der Waals surface area contributed by atoms with E-state index in [1.165, 1.54) is 36.0 Å². The van der Waals surface area contributed by atoms with Crippen LogP contribution in [0.3, 0.4) is 0 Å². The second-order valence-electron chi connectivity index (χ2n) is 6.53. The summed E-state index contributed by atoms with van der Waals surface area (Å²) in [5, 5.41) is 2.75. The fourth-order valence-electron chi connectivity index (χ4n) is 4.09. The zero-order chi connectivity index (χ0) is 17.1. The molecule has 2 bridgehead atoms. The van der Waals surface area contributed by atoms with Crippen LogP contribution in [0.1, 0.15) is 49.1 Å². The number of hydrogen-bond acceptors (Lipinski definition) is 4. The number of nitrogens with two attached hydrogens (primary N) is 1. The number of nitrogens with one attached hydrogen (secondary N) is 1. The highest BCUT2D eigenvalue weighted by Crippen LogP contribution is 2.58. The lowest BCUT2D eigenvalue weighted by Crippen LogP contribution is -2.05. The van der Waals surface area contributed by atoms with Crippen LogP contribution in [0.2, 0.25) is 0 Å². The predicted octanol–water partition coefficient (Wildman–Crippen LogP) is 3.93. The van der Waals surface area contributed by atoms with Crippen LogP contribution in [-0.2, 0) is 0 Å². The maximum absolute atomic E-state index is 5.87. The number of pyridine rings is 1. The van der Waals surface area contributed by atoms with E-state index in [0.29, 0.717) is 17.7 Å². The van der Waals surface area contributed by atoms with Crippen LogP contribution in [0.5, 0.6) is 5.75 Å². The molecule has 1 aromatic carbocycles. The van der Waals surface area contributed by atoms with Crippen LogP contribution in [-0.4, -0.2) is 25.7 Å². The van der Waals surface area contributed by atoms with Crippen LogP contribution in [0.4, 0.5) is 5.82 Å². The lowest BCUT2D eigenvalue weighted by molar-refractivity contribution is 0.334. The van der Waals surface area contributed by atoms with Gasteiger partial charge in [0.05, 0.1) is 12.3 Å². The zero-order valence-electron chi connectivity index (χ0n) is 14.8. The molecule has 2 aliphatic carbocycles. The first-order valence-electron chi connectivity index (χ1n) is 8.80. The Kier molecular flexibility index (Phi) is 5.05. The van der Waals surface area contributed by atoms with Gasteiger partial charge in [-0.2, -0.15) is 0 Å². The molecule has 4 rings (SSSR count). The molecule has 2 aliphatic rings. The topological polar surface area (TPSA) is 60.2 Å². The summed E-state index contributed by atoms with van der Waals surface area (Å²) in [6.45, 7) is 2.77. The number of anilines is 1. The second kappa shape index (κ2) is 7.22. The number of nitrogens with zero attached hydrogens (tertiary/aromatic N) is 1. The van der Waals surface area contributed by atoms with E-state index in [1.807, 2.05) is 33.2 Å². The zero-order valence-corrected chi connectivity index (χ0v) is 14.8. The van der Waals surface area contributed by atoms with E-state index in [-0.39, 0.29) is 0 Å². The van der Waals surface area contributed by atoms with Crippen molar-refractivity contribution in [3.63, 3.8) is 0 Å². The molecule has 128 valence electrons. The number of nitrogen functional groups attached to an aromatic ring is 1. The highest BCUT2D eigenvalue weighted by Gasteiger charge is 2.40. The molecule has 2 atom stereocenters. The van der Waals surface area contributed by atoms with Crippen molar-refractivity contribution in [2.75, 3.05) is 26.4 Å². The summed E-state index contributed by atoms with van der Waals surface area (Å²) in [6.07, 6.45) is 3.86. The van der Waals surface area contributed by atoms with E-state index in [2.05, 4.69) is 28.5 Å². The van der Waals surface area contributed by atoms with Crippen LogP contribution < -0.4 is 15.8 Å². The van der Waals surface area contributed by atoms with Crippen LogP contribution in [0.15, 0.2) is 30.3 Å². The van der Waals surface area contributed by atoms with Crippen molar-refractivity contribution in [1.29, 1.82) is 0 Å². The summed E-state index contributed by atoms with van der Waals surface area (Å²) in [7, 11) is 3.75. The summed E-state index contributed by atoms with van der Waals surface area (Å²) in [6, 6.07) is 10.1. The van der Waals surface area contributed by atoms with Gasteiger partial charge in [-0.3, -0.25) is 0 Å². The minimum atomic E-state index is 0.582. The van der Waals surface area contributed by atoms with Crippen molar-refractivity contribution in [3.8, 4) is 17.0 Å². The van der Waals surface area contributed by atoms with Gasteiger partial charge in [-0.25, -0.2) is 4.98 Å². The average Bonchev–Trinajstić information content (AvgIpc) is 3.18. The first kappa shape index (κ1) is 16.8. The average molecular weight is 325 g/mol. The van der Waals surface area contributed by atoms with Crippen molar-refractivity contribution >= 4 is 5.82 Å². The molecule has 2 aromatic rings. The minimum Gasteiger partial charge on any atom is -0.494 e. The predicted molar refractivity (Wildman–Crippen MR) is 99.6 cm³/mol. The van der Waals surface area contributed by atoms with Gasteiger partial charge in [-0.15, -0.1) is 0 Å². The highest BCUT2D eigenvalue weighted by molar-refractivity contribution is 5.72. The van der Waals surface area contributed by atoms with Crippen LogP contribution in [0.25, 0.3) is 11.3 Å². The van der Waals surface area contributed by atoms with E-state index < -0.39 is 0 Å². The number of aromatic nitrogens is 1. The Morgan fingerprint density at radius 3 is 2.50 bits per heavy atom. The van der Waals surface area contributed by atoms with Gasteiger partial charge in [-0.05, 0) is 81.9 Å². The molecule has 2 unspecified atom stereocenters. The smallest absolute Gasteiger partial charge is 0.124 e. The summed E-state index contributed by atoms with van der Waals surface area (Å²) in [5.41, 5.74) is 11.0. The molecular formula is C20H27N3O. The van der Waals surface area contributed by atoms with Crippen molar-refractivity contribution < 1.29 is 4.74 Å². The summed E-state index contributed by atoms with van der Waals surface area (Å²) in [5.74, 6) is 3.00. The third kappa shape index (κ3) is 2.98. The number of benzene rings is 1. The van der Waals surface area contributed by atoms with Crippen LogP contribution in [0, 0.1) is 0 Å². The van der Waals surface area contributed by atoms with Gasteiger partial charge in [0, 0.05) is 11.1 Å². The molecule has 1 aromatic heterocycles. The van der Waals surface area contributed by atoms with E-state index in [1.54, 1.807) is 0 Å². The fourth-order valence-corrected chi connectivity index (χ4v) is 4.09. The number of rotatable bonds is 3. The maximum atomic E-state index is 5.87. The Bertz CT molecular complexity index is 714. The molecule has 1 fully saturated rings. The fraction of sp³-hybridized carbons (Fsp3) is 0.450. The third-order valence-corrected chi connectivity index (χ3v) is 4.84. The van der Waals surface area contributed by atoms with E-state index >= 15 is 0 Å². The second-order valence-corrected chi connectivity index (χ2v) is 6.53. The van der Waals surface area contributed by atoms with Gasteiger partial charge < -0.3 is 15.8 Å². The van der Waals surface area contributed by atoms with Crippen molar-refractivity contribution in [2.45, 2.75) is 38.0 Å². The van der Waals surface area contributed by atoms with Crippen molar-refractivity contribution in [2.24, 2.45) is 0 Å². The minimum absolute atomic E-state index is 0.582. The lowest BCUT2D eigenvalue weighted by atomic mass is 9.86. The quantitative estimate of drug-likeness (QED) is 0.897. The van der Waals surface area contributed by atoms with Gasteiger partial charge >= 0.3 is 0 Å². The standard InChI is InChI=1S/C18H20N2O.C2H7N/c1-2-21-15-9-8-13(14-4-3-5-16(19)20-14)17-11-6-7-12(10-11)18(15)17;1-3-2/h3-5,8-9,11-12H,2,6-7,10H2,1H3,(H2,19,20);3H,1-2H3. The number of hydrogen-bond donors (Lipinski definition) is 2. The Morgan fingerprint density at radius 1 is 1.12 bits per heavy atom. The Balaban J connectivity index is 0.000000526.